The van der Waals surface area contributed by atoms with Crippen molar-refractivity contribution in [3.63, 3.8) is 0 Å². The molecule has 1 unspecified atom stereocenters. The van der Waals surface area contributed by atoms with E-state index in [4.69, 9.17) is 9.63 Å². The van der Waals surface area contributed by atoms with Gasteiger partial charge in [-0.3, -0.25) is 0 Å². The van der Waals surface area contributed by atoms with Crippen LogP contribution < -0.4 is 5.32 Å². The van der Waals surface area contributed by atoms with Crippen LogP contribution in [0.15, 0.2) is 10.9 Å². The number of carbonyl (C=O) groups excluding carboxylic acids is 1. The number of carboxylic acid groups (broad SMARTS) is 1. The molecule has 98 valence electrons. The number of carboxylic acids is 1. The first-order valence-corrected chi connectivity index (χ1v) is 6.44. The van der Waals surface area contributed by atoms with E-state index < -0.39 is 12.0 Å². The van der Waals surface area contributed by atoms with Crippen LogP contribution in [0, 0.1) is 0 Å². The molecule has 8 nitrogen and oxygen atoms in total. The summed E-state index contributed by atoms with van der Waals surface area (Å²) in [5.41, 5.74) is 0. The van der Waals surface area contributed by atoms with Gasteiger partial charge in [-0.25, -0.2) is 9.59 Å². The van der Waals surface area contributed by atoms with Gasteiger partial charge in [0.1, 0.15) is 6.04 Å². The maximum Gasteiger partial charge on any atom is 0.327 e. The van der Waals surface area contributed by atoms with Gasteiger partial charge in [-0.15, -0.1) is 11.8 Å². The molecule has 1 aliphatic heterocycles. The summed E-state index contributed by atoms with van der Waals surface area (Å²) in [6, 6.07) is -1.13. The summed E-state index contributed by atoms with van der Waals surface area (Å²) in [6.07, 6.45) is 1.71. The van der Waals surface area contributed by atoms with Gasteiger partial charge >= 0.3 is 12.0 Å². The normalized spacial score (nSPS) is 18.9. The van der Waals surface area contributed by atoms with Crippen LogP contribution in [0.3, 0.4) is 0 Å². The summed E-state index contributed by atoms with van der Waals surface area (Å²) >= 11 is 1.42. The molecule has 0 radical (unpaired) electrons. The Morgan fingerprint density at radius 3 is 3.17 bits per heavy atom. The third-order valence-corrected chi connectivity index (χ3v) is 3.46. The van der Waals surface area contributed by atoms with Gasteiger partial charge in [0.25, 0.3) is 0 Å². The van der Waals surface area contributed by atoms with Crippen LogP contribution in [0.4, 0.5) is 4.79 Å². The van der Waals surface area contributed by atoms with Crippen LogP contribution in [-0.4, -0.2) is 56.4 Å². The lowest BCUT2D eigenvalue weighted by molar-refractivity contribution is -0.140. The third-order valence-electron chi connectivity index (χ3n) is 2.45. The second-order valence-electron chi connectivity index (χ2n) is 3.64. The Morgan fingerprint density at radius 1 is 1.67 bits per heavy atom. The van der Waals surface area contributed by atoms with E-state index in [0.717, 1.165) is 0 Å². The van der Waals surface area contributed by atoms with Gasteiger partial charge in [0, 0.05) is 18.7 Å². The van der Waals surface area contributed by atoms with Gasteiger partial charge < -0.3 is 19.8 Å². The predicted octanol–water partition coefficient (Wildman–Crippen LogP) is -0.219. The molecule has 0 aromatic carbocycles. The highest BCUT2D eigenvalue weighted by Crippen LogP contribution is 2.20. The zero-order valence-electron chi connectivity index (χ0n) is 9.40. The number of aromatic nitrogens is 2. The van der Waals surface area contributed by atoms with Gasteiger partial charge in [-0.2, -0.15) is 4.98 Å². The average Bonchev–Trinajstić information content (AvgIpc) is 2.99. The summed E-state index contributed by atoms with van der Waals surface area (Å²) in [4.78, 5) is 27.8. The van der Waals surface area contributed by atoms with E-state index in [-0.39, 0.29) is 6.03 Å². The Balaban J connectivity index is 1.79. The largest absolute Gasteiger partial charge is 0.480 e. The quantitative estimate of drug-likeness (QED) is 0.780. The molecule has 18 heavy (non-hydrogen) atoms. The molecule has 1 fully saturated rings. The number of amides is 2. The second kappa shape index (κ2) is 5.71. The lowest BCUT2D eigenvalue weighted by Crippen LogP contribution is -2.47. The first kappa shape index (κ1) is 12.7. The van der Waals surface area contributed by atoms with E-state index in [2.05, 4.69) is 15.5 Å². The van der Waals surface area contributed by atoms with Crippen LogP contribution in [0.25, 0.3) is 0 Å². The van der Waals surface area contributed by atoms with E-state index in [0.29, 0.717) is 30.5 Å². The number of nitrogens with one attached hydrogen (secondary N) is 1. The molecule has 1 saturated heterocycles. The van der Waals surface area contributed by atoms with Crippen molar-refractivity contribution < 1.29 is 19.2 Å². The summed E-state index contributed by atoms with van der Waals surface area (Å²) in [5, 5.41) is 15.0. The molecule has 1 aromatic rings. The Morgan fingerprint density at radius 2 is 2.50 bits per heavy atom. The molecule has 2 N–H and O–H groups in total. The number of hydrogen-bond donors (Lipinski definition) is 2. The Bertz CT molecular complexity index is 424. The molecule has 1 atom stereocenters. The van der Waals surface area contributed by atoms with Gasteiger partial charge in [0.05, 0.1) is 5.88 Å². The zero-order valence-corrected chi connectivity index (χ0v) is 10.2. The number of rotatable bonds is 4. The standard InChI is InChI=1S/C9H12N4O4S/c14-8(15)6-3-18-5-13(6)9(16)10-2-1-7-11-4-12-17-7/h4,6H,1-3,5H2,(H,10,16)(H,14,15). The Kier molecular flexibility index (Phi) is 4.03. The van der Waals surface area contributed by atoms with E-state index in [1.54, 1.807) is 0 Å². The topological polar surface area (TPSA) is 109 Å². The lowest BCUT2D eigenvalue weighted by Gasteiger charge is -2.20. The van der Waals surface area contributed by atoms with Crippen LogP contribution >= 0.6 is 11.8 Å². The van der Waals surface area contributed by atoms with E-state index >= 15 is 0 Å². The molecule has 0 saturated carbocycles. The van der Waals surface area contributed by atoms with E-state index in [1.807, 2.05) is 0 Å². The van der Waals surface area contributed by atoms with Crippen molar-refractivity contribution in [1.82, 2.24) is 20.4 Å². The number of urea groups is 1. The first-order chi connectivity index (χ1) is 8.68. The van der Waals surface area contributed by atoms with Crippen LogP contribution in [-0.2, 0) is 11.2 Å². The number of carbonyl (C=O) groups is 2. The van der Waals surface area contributed by atoms with E-state index in [1.165, 1.54) is 23.0 Å². The molecule has 1 aliphatic rings. The van der Waals surface area contributed by atoms with Crippen LogP contribution in [0.1, 0.15) is 5.89 Å². The number of thioether (sulfide) groups is 1. The van der Waals surface area contributed by atoms with Gasteiger partial charge in [-0.1, -0.05) is 5.16 Å². The minimum atomic E-state index is -0.980. The highest BCUT2D eigenvalue weighted by Gasteiger charge is 2.34. The van der Waals surface area contributed by atoms with Gasteiger partial charge in [-0.05, 0) is 0 Å². The molecule has 0 bridgehead atoms. The summed E-state index contributed by atoms with van der Waals surface area (Å²) in [5.74, 6) is 0.267. The summed E-state index contributed by atoms with van der Waals surface area (Å²) in [7, 11) is 0. The van der Waals surface area contributed by atoms with E-state index in [9.17, 15) is 9.59 Å². The van der Waals surface area contributed by atoms with Crippen LogP contribution in [0.5, 0.6) is 0 Å². The molecule has 9 heteroatoms. The highest BCUT2D eigenvalue weighted by atomic mass is 32.2. The SMILES string of the molecule is O=C(O)C1CSCN1C(=O)NCCc1ncno1. The Hall–Kier alpha value is -1.77. The van der Waals surface area contributed by atoms with Crippen molar-refractivity contribution in [3.05, 3.63) is 12.2 Å². The summed E-state index contributed by atoms with van der Waals surface area (Å²) in [6.45, 7) is 0.328. The second-order valence-corrected chi connectivity index (χ2v) is 4.64. The average molecular weight is 272 g/mol. The molecule has 1 aromatic heterocycles. The molecular formula is C9H12N4O4S. The lowest BCUT2D eigenvalue weighted by atomic mass is 10.3. The zero-order chi connectivity index (χ0) is 13.0. The monoisotopic (exact) mass is 272 g/mol. The van der Waals surface area contributed by atoms with Crippen molar-refractivity contribution in [2.24, 2.45) is 0 Å². The van der Waals surface area contributed by atoms with Crippen molar-refractivity contribution in [3.8, 4) is 0 Å². The highest BCUT2D eigenvalue weighted by molar-refractivity contribution is 7.99. The fourth-order valence-electron chi connectivity index (χ4n) is 1.53. The Labute approximate surface area is 107 Å². The third kappa shape index (κ3) is 2.92. The molecule has 0 spiro atoms. The first-order valence-electron chi connectivity index (χ1n) is 5.29. The maximum absolute atomic E-state index is 11.8. The van der Waals surface area contributed by atoms with Crippen molar-refractivity contribution >= 4 is 23.8 Å². The predicted molar refractivity (Wildman–Crippen MR) is 62.0 cm³/mol. The van der Waals surface area contributed by atoms with Gasteiger partial charge in [0.2, 0.25) is 5.89 Å². The van der Waals surface area contributed by atoms with Crippen molar-refractivity contribution in [1.29, 1.82) is 0 Å². The molecule has 2 heterocycles. The maximum atomic E-state index is 11.8. The smallest absolute Gasteiger partial charge is 0.327 e. The molecule has 0 aliphatic carbocycles. The van der Waals surface area contributed by atoms with Crippen LogP contribution in [0.2, 0.25) is 0 Å². The minimum Gasteiger partial charge on any atom is -0.480 e. The molecule has 2 rings (SSSR count). The fourth-order valence-corrected chi connectivity index (χ4v) is 2.68. The van der Waals surface area contributed by atoms with Crippen molar-refractivity contribution in [2.75, 3.05) is 18.2 Å². The number of nitrogens with zero attached hydrogens (tertiary/aromatic N) is 3. The number of hydrogen-bond acceptors (Lipinski definition) is 6. The van der Waals surface area contributed by atoms with Gasteiger partial charge in [0.15, 0.2) is 6.33 Å². The minimum absolute atomic E-state index is 0.328. The molecule has 2 amide bonds. The fraction of sp³-hybridized carbons (Fsp3) is 0.556. The van der Waals surface area contributed by atoms with Crippen molar-refractivity contribution in [2.45, 2.75) is 12.5 Å². The molecular weight excluding hydrogens is 260 g/mol. The number of aliphatic carboxylic acids is 1. The summed E-state index contributed by atoms with van der Waals surface area (Å²) < 4.78 is 4.78.